The topological polar surface area (TPSA) is 55.4 Å². The van der Waals surface area contributed by atoms with Crippen LogP contribution < -0.4 is 5.32 Å². The molecular formula is C14H15BrFNO3. The minimum absolute atomic E-state index is 0.0455. The molecular weight excluding hydrogens is 329 g/mol. The van der Waals surface area contributed by atoms with E-state index in [1.807, 2.05) is 0 Å². The molecule has 0 saturated carbocycles. The van der Waals surface area contributed by atoms with Crippen molar-refractivity contribution in [3.8, 4) is 0 Å². The molecule has 0 aromatic heterocycles. The van der Waals surface area contributed by atoms with Crippen LogP contribution in [0, 0.1) is 5.82 Å². The number of hydrogen-bond donors (Lipinski definition) is 1. The second-order valence-corrected chi connectivity index (χ2v) is 5.89. The molecule has 108 valence electrons. The molecule has 0 spiro atoms. The molecule has 1 fully saturated rings. The predicted molar refractivity (Wildman–Crippen MR) is 74.6 cm³/mol. The molecule has 1 N–H and O–H groups in total. The molecule has 2 atom stereocenters. The first kappa shape index (κ1) is 15.0. The first-order valence-electron chi connectivity index (χ1n) is 6.30. The van der Waals surface area contributed by atoms with Gasteiger partial charge in [0.15, 0.2) is 0 Å². The van der Waals surface area contributed by atoms with Crippen molar-refractivity contribution >= 4 is 27.8 Å². The van der Waals surface area contributed by atoms with Gasteiger partial charge in [-0.2, -0.15) is 0 Å². The number of benzene rings is 1. The lowest BCUT2D eigenvalue weighted by molar-refractivity contribution is -0.147. The summed E-state index contributed by atoms with van der Waals surface area (Å²) in [5.74, 6) is -1.27. The summed E-state index contributed by atoms with van der Waals surface area (Å²) in [6.07, 6.45) is 0.0455. The van der Waals surface area contributed by atoms with Crippen LogP contribution in [0.4, 0.5) is 4.39 Å². The fourth-order valence-electron chi connectivity index (χ4n) is 2.54. The van der Waals surface area contributed by atoms with Crippen LogP contribution in [0.15, 0.2) is 22.7 Å². The number of carbonyl (C=O) groups excluding carboxylic acids is 2. The highest BCUT2D eigenvalue weighted by atomic mass is 79.9. The van der Waals surface area contributed by atoms with Gasteiger partial charge >= 0.3 is 5.97 Å². The van der Waals surface area contributed by atoms with Crippen molar-refractivity contribution in [2.24, 2.45) is 0 Å². The zero-order chi connectivity index (χ0) is 14.9. The second kappa shape index (κ2) is 5.52. The summed E-state index contributed by atoms with van der Waals surface area (Å²) in [5, 5.41) is 2.58. The fourth-order valence-corrected chi connectivity index (χ4v) is 2.90. The van der Waals surface area contributed by atoms with Gasteiger partial charge in [-0.1, -0.05) is 22.9 Å². The van der Waals surface area contributed by atoms with Crippen LogP contribution in [0.5, 0.6) is 0 Å². The third-order valence-electron chi connectivity index (χ3n) is 3.54. The Labute approximate surface area is 124 Å². The number of rotatable bonds is 3. The zero-order valence-electron chi connectivity index (χ0n) is 11.2. The lowest BCUT2D eigenvalue weighted by Gasteiger charge is -2.29. The summed E-state index contributed by atoms with van der Waals surface area (Å²) in [6.45, 7) is 3.59. The van der Waals surface area contributed by atoms with E-state index < -0.39 is 23.2 Å². The van der Waals surface area contributed by atoms with E-state index in [4.69, 9.17) is 4.74 Å². The summed E-state index contributed by atoms with van der Waals surface area (Å²) in [6, 6.07) is 3.61. The van der Waals surface area contributed by atoms with Gasteiger partial charge in [-0.3, -0.25) is 4.79 Å². The monoisotopic (exact) mass is 343 g/mol. The Morgan fingerprint density at radius 1 is 1.60 bits per heavy atom. The van der Waals surface area contributed by atoms with Crippen molar-refractivity contribution < 1.29 is 18.7 Å². The van der Waals surface area contributed by atoms with Gasteiger partial charge in [0.05, 0.1) is 6.61 Å². The SMILES string of the molecule is CCOC(=O)C1NC(=O)CC1(C)c1cc(Br)ccc1F. The summed E-state index contributed by atoms with van der Waals surface area (Å²) < 4.78 is 19.8. The summed E-state index contributed by atoms with van der Waals surface area (Å²) in [5.41, 5.74) is -0.639. The van der Waals surface area contributed by atoms with Crippen molar-refractivity contribution in [2.75, 3.05) is 6.61 Å². The van der Waals surface area contributed by atoms with Crippen LogP contribution in [0.25, 0.3) is 0 Å². The number of carbonyl (C=O) groups is 2. The number of amides is 1. The van der Waals surface area contributed by atoms with Crippen molar-refractivity contribution in [3.63, 3.8) is 0 Å². The molecule has 0 aliphatic carbocycles. The van der Waals surface area contributed by atoms with Gasteiger partial charge in [0.2, 0.25) is 5.91 Å². The number of nitrogens with one attached hydrogen (secondary N) is 1. The molecule has 1 amide bonds. The van der Waals surface area contributed by atoms with Crippen LogP contribution in [-0.4, -0.2) is 24.5 Å². The molecule has 6 heteroatoms. The Morgan fingerprint density at radius 2 is 2.30 bits per heavy atom. The minimum atomic E-state index is -0.961. The number of ether oxygens (including phenoxy) is 1. The number of hydrogen-bond acceptors (Lipinski definition) is 3. The maximum atomic E-state index is 14.1. The van der Waals surface area contributed by atoms with E-state index in [-0.39, 0.29) is 18.9 Å². The molecule has 1 aliphatic heterocycles. The van der Waals surface area contributed by atoms with Crippen LogP contribution >= 0.6 is 15.9 Å². The first-order valence-corrected chi connectivity index (χ1v) is 7.09. The van der Waals surface area contributed by atoms with Gasteiger partial charge in [-0.15, -0.1) is 0 Å². The van der Waals surface area contributed by atoms with Crippen LogP contribution in [0.2, 0.25) is 0 Å². The van der Waals surface area contributed by atoms with Gasteiger partial charge in [0, 0.05) is 16.3 Å². The molecule has 2 unspecified atom stereocenters. The second-order valence-electron chi connectivity index (χ2n) is 4.97. The Morgan fingerprint density at radius 3 is 2.95 bits per heavy atom. The van der Waals surface area contributed by atoms with E-state index >= 15 is 0 Å². The van der Waals surface area contributed by atoms with Gasteiger partial charge < -0.3 is 10.1 Å². The molecule has 0 bridgehead atoms. The Bertz CT molecular complexity index is 563. The third kappa shape index (κ3) is 2.57. The quantitative estimate of drug-likeness (QED) is 0.856. The largest absolute Gasteiger partial charge is 0.464 e. The predicted octanol–water partition coefficient (Wildman–Crippen LogP) is 2.30. The summed E-state index contributed by atoms with van der Waals surface area (Å²) >= 11 is 3.28. The maximum absolute atomic E-state index is 14.1. The van der Waals surface area contributed by atoms with Crippen LogP contribution in [-0.2, 0) is 19.7 Å². The van der Waals surface area contributed by atoms with E-state index in [1.165, 1.54) is 6.07 Å². The first-order chi connectivity index (χ1) is 9.38. The van der Waals surface area contributed by atoms with E-state index in [0.717, 1.165) is 0 Å². The normalized spacial score (nSPS) is 25.4. The van der Waals surface area contributed by atoms with Gasteiger partial charge in [-0.05, 0) is 30.7 Å². The zero-order valence-corrected chi connectivity index (χ0v) is 12.8. The molecule has 1 saturated heterocycles. The minimum Gasteiger partial charge on any atom is -0.464 e. The average Bonchev–Trinajstić information content (AvgIpc) is 2.69. The average molecular weight is 344 g/mol. The van der Waals surface area contributed by atoms with Crippen molar-refractivity contribution in [2.45, 2.75) is 31.7 Å². The van der Waals surface area contributed by atoms with Gasteiger partial charge in [0.1, 0.15) is 11.9 Å². The Kier molecular flexibility index (Phi) is 4.13. The molecule has 2 rings (SSSR count). The van der Waals surface area contributed by atoms with Crippen molar-refractivity contribution in [1.29, 1.82) is 0 Å². The van der Waals surface area contributed by atoms with E-state index in [0.29, 0.717) is 10.0 Å². The molecule has 1 aromatic carbocycles. The van der Waals surface area contributed by atoms with Gasteiger partial charge in [0.25, 0.3) is 0 Å². The maximum Gasteiger partial charge on any atom is 0.329 e. The highest BCUT2D eigenvalue weighted by molar-refractivity contribution is 9.10. The van der Waals surface area contributed by atoms with E-state index in [1.54, 1.807) is 26.0 Å². The lowest BCUT2D eigenvalue weighted by atomic mass is 9.75. The van der Waals surface area contributed by atoms with E-state index in [2.05, 4.69) is 21.2 Å². The Hall–Kier alpha value is -1.43. The fraction of sp³-hybridized carbons (Fsp3) is 0.429. The van der Waals surface area contributed by atoms with Gasteiger partial charge in [-0.25, -0.2) is 9.18 Å². The Balaban J connectivity index is 2.46. The molecule has 0 radical (unpaired) electrons. The molecule has 1 aromatic rings. The number of esters is 1. The highest BCUT2D eigenvalue weighted by Crippen LogP contribution is 2.38. The molecule has 1 heterocycles. The van der Waals surface area contributed by atoms with Crippen LogP contribution in [0.3, 0.4) is 0 Å². The third-order valence-corrected chi connectivity index (χ3v) is 4.03. The molecule has 1 aliphatic rings. The van der Waals surface area contributed by atoms with Crippen LogP contribution in [0.1, 0.15) is 25.8 Å². The summed E-state index contributed by atoms with van der Waals surface area (Å²) in [7, 11) is 0. The highest BCUT2D eigenvalue weighted by Gasteiger charge is 2.50. The standard InChI is InChI=1S/C14H15BrFNO3/c1-3-20-13(19)12-14(2,7-11(18)17-12)9-6-8(15)4-5-10(9)16/h4-6,12H,3,7H2,1-2H3,(H,17,18). The van der Waals surface area contributed by atoms with Crippen molar-refractivity contribution in [1.82, 2.24) is 5.32 Å². The molecule has 20 heavy (non-hydrogen) atoms. The summed E-state index contributed by atoms with van der Waals surface area (Å²) in [4.78, 5) is 23.7. The number of halogens is 2. The lowest BCUT2D eigenvalue weighted by Crippen LogP contribution is -2.46. The van der Waals surface area contributed by atoms with E-state index in [9.17, 15) is 14.0 Å². The molecule has 4 nitrogen and oxygen atoms in total. The smallest absolute Gasteiger partial charge is 0.329 e. The van der Waals surface area contributed by atoms with Crippen molar-refractivity contribution in [3.05, 3.63) is 34.1 Å².